The zero-order chi connectivity index (χ0) is 17.7. The van der Waals surface area contributed by atoms with Crippen molar-refractivity contribution in [2.24, 2.45) is 5.92 Å². The summed E-state index contributed by atoms with van der Waals surface area (Å²) < 4.78 is 5.34. The highest BCUT2D eigenvalue weighted by molar-refractivity contribution is 5.93. The van der Waals surface area contributed by atoms with Gasteiger partial charge in [-0.25, -0.2) is 4.79 Å². The van der Waals surface area contributed by atoms with E-state index in [9.17, 15) is 9.59 Å². The number of carbonyl (C=O) groups is 2. The summed E-state index contributed by atoms with van der Waals surface area (Å²) in [6.07, 6.45) is 3.70. The van der Waals surface area contributed by atoms with Crippen LogP contribution in [0.1, 0.15) is 49.9 Å². The standard InChI is InChI=1S/C19H28N2O3/c1-13-8-5-6-11-17(13)20-18(22)14(2)24-19(23)15-9-7-10-16(12-15)21(3)4/h7,9-10,12-14,17H,5-6,8,11H2,1-4H3,(H,20,22)/t13-,14+,17+/m1/s1. The zero-order valence-electron chi connectivity index (χ0n) is 15.0. The van der Waals surface area contributed by atoms with Crippen LogP contribution in [0.25, 0.3) is 0 Å². The molecule has 24 heavy (non-hydrogen) atoms. The second kappa shape index (κ2) is 8.18. The van der Waals surface area contributed by atoms with E-state index in [1.807, 2.05) is 25.1 Å². The summed E-state index contributed by atoms with van der Waals surface area (Å²) >= 11 is 0. The first kappa shape index (κ1) is 18.3. The van der Waals surface area contributed by atoms with Crippen molar-refractivity contribution >= 4 is 17.6 Å². The van der Waals surface area contributed by atoms with Crippen LogP contribution in [0.5, 0.6) is 0 Å². The molecular formula is C19H28N2O3. The van der Waals surface area contributed by atoms with E-state index in [4.69, 9.17) is 4.74 Å². The van der Waals surface area contributed by atoms with E-state index in [1.165, 1.54) is 6.42 Å². The van der Waals surface area contributed by atoms with Crippen molar-refractivity contribution in [1.29, 1.82) is 0 Å². The maximum absolute atomic E-state index is 12.3. The van der Waals surface area contributed by atoms with Gasteiger partial charge in [0.15, 0.2) is 6.10 Å². The maximum atomic E-state index is 12.3. The van der Waals surface area contributed by atoms with Crippen molar-refractivity contribution in [2.45, 2.75) is 51.7 Å². The molecule has 0 heterocycles. The number of benzene rings is 1. The average Bonchev–Trinajstić information content (AvgIpc) is 2.56. The highest BCUT2D eigenvalue weighted by Gasteiger charge is 2.26. The minimum Gasteiger partial charge on any atom is -0.449 e. The molecule has 0 radical (unpaired) electrons. The van der Waals surface area contributed by atoms with E-state index in [2.05, 4.69) is 12.2 Å². The van der Waals surface area contributed by atoms with Gasteiger partial charge in [0, 0.05) is 25.8 Å². The molecule has 1 aliphatic rings. The molecule has 5 heteroatoms. The topological polar surface area (TPSA) is 58.6 Å². The third kappa shape index (κ3) is 4.73. The summed E-state index contributed by atoms with van der Waals surface area (Å²) in [4.78, 5) is 26.5. The van der Waals surface area contributed by atoms with Crippen molar-refractivity contribution in [1.82, 2.24) is 5.32 Å². The summed E-state index contributed by atoms with van der Waals surface area (Å²) in [6.45, 7) is 3.78. The lowest BCUT2D eigenvalue weighted by molar-refractivity contribution is -0.130. The van der Waals surface area contributed by atoms with E-state index < -0.39 is 12.1 Å². The molecule has 0 spiro atoms. The lowest BCUT2D eigenvalue weighted by atomic mass is 9.86. The Labute approximate surface area is 144 Å². The van der Waals surface area contributed by atoms with E-state index in [-0.39, 0.29) is 11.9 Å². The fourth-order valence-corrected chi connectivity index (χ4v) is 3.02. The van der Waals surface area contributed by atoms with Gasteiger partial charge in [0.1, 0.15) is 0 Å². The average molecular weight is 332 g/mol. The molecule has 1 aliphatic carbocycles. The molecule has 0 unspecified atom stereocenters. The Morgan fingerprint density at radius 2 is 1.96 bits per heavy atom. The van der Waals surface area contributed by atoms with Crippen LogP contribution in [0, 0.1) is 5.92 Å². The molecule has 1 aromatic rings. The highest BCUT2D eigenvalue weighted by Crippen LogP contribution is 2.24. The minimum absolute atomic E-state index is 0.185. The predicted octanol–water partition coefficient (Wildman–Crippen LogP) is 2.99. The summed E-state index contributed by atoms with van der Waals surface area (Å²) in [7, 11) is 3.82. The Bertz CT molecular complexity index is 586. The molecule has 1 fully saturated rings. The van der Waals surface area contributed by atoms with Crippen molar-refractivity contribution in [3.05, 3.63) is 29.8 Å². The second-order valence-electron chi connectivity index (χ2n) is 6.87. The SMILES string of the molecule is C[C@H](OC(=O)c1cccc(N(C)C)c1)C(=O)N[C@H]1CCCC[C@H]1C. The molecule has 1 N–H and O–H groups in total. The van der Waals surface area contributed by atoms with Gasteiger partial charge in [-0.1, -0.05) is 25.8 Å². The lowest BCUT2D eigenvalue weighted by Crippen LogP contribution is -2.46. The Morgan fingerprint density at radius 3 is 2.62 bits per heavy atom. The van der Waals surface area contributed by atoms with Crippen LogP contribution in [0.3, 0.4) is 0 Å². The third-order valence-electron chi connectivity index (χ3n) is 4.69. The Kier molecular flexibility index (Phi) is 6.23. The van der Waals surface area contributed by atoms with Gasteiger partial charge in [-0.2, -0.15) is 0 Å². The van der Waals surface area contributed by atoms with Crippen LogP contribution >= 0.6 is 0 Å². The minimum atomic E-state index is -0.797. The van der Waals surface area contributed by atoms with Gasteiger partial charge < -0.3 is 15.0 Å². The molecule has 0 bridgehead atoms. The van der Waals surface area contributed by atoms with Crippen molar-refractivity contribution in [3.63, 3.8) is 0 Å². The molecule has 2 rings (SSSR count). The van der Waals surface area contributed by atoms with E-state index in [0.717, 1.165) is 24.9 Å². The van der Waals surface area contributed by atoms with Crippen LogP contribution < -0.4 is 10.2 Å². The number of amides is 1. The van der Waals surface area contributed by atoms with Crippen molar-refractivity contribution < 1.29 is 14.3 Å². The quantitative estimate of drug-likeness (QED) is 0.842. The van der Waals surface area contributed by atoms with Gasteiger partial charge in [0.05, 0.1) is 5.56 Å². The number of rotatable bonds is 5. The molecule has 0 aliphatic heterocycles. The summed E-state index contributed by atoms with van der Waals surface area (Å²) in [5.74, 6) is -0.216. The number of hydrogen-bond acceptors (Lipinski definition) is 4. The van der Waals surface area contributed by atoms with Crippen LogP contribution in [0.15, 0.2) is 24.3 Å². The number of carbonyl (C=O) groups excluding carboxylic acids is 2. The van der Waals surface area contributed by atoms with Gasteiger partial charge in [0.25, 0.3) is 5.91 Å². The smallest absolute Gasteiger partial charge is 0.338 e. The van der Waals surface area contributed by atoms with Gasteiger partial charge in [0.2, 0.25) is 0 Å². The van der Waals surface area contributed by atoms with E-state index in [1.54, 1.807) is 25.1 Å². The van der Waals surface area contributed by atoms with E-state index >= 15 is 0 Å². The molecule has 5 nitrogen and oxygen atoms in total. The first-order valence-corrected chi connectivity index (χ1v) is 8.67. The van der Waals surface area contributed by atoms with E-state index in [0.29, 0.717) is 11.5 Å². The van der Waals surface area contributed by atoms with Crippen LogP contribution in [0.4, 0.5) is 5.69 Å². The number of anilines is 1. The number of esters is 1. The third-order valence-corrected chi connectivity index (χ3v) is 4.69. The maximum Gasteiger partial charge on any atom is 0.338 e. The predicted molar refractivity (Wildman–Crippen MR) is 95.2 cm³/mol. The largest absolute Gasteiger partial charge is 0.449 e. The first-order valence-electron chi connectivity index (χ1n) is 8.67. The second-order valence-corrected chi connectivity index (χ2v) is 6.87. The number of nitrogens with one attached hydrogen (secondary N) is 1. The fourth-order valence-electron chi connectivity index (χ4n) is 3.02. The molecule has 3 atom stereocenters. The Balaban J connectivity index is 1.93. The molecular weight excluding hydrogens is 304 g/mol. The number of nitrogens with zero attached hydrogens (tertiary/aromatic N) is 1. The van der Waals surface area contributed by atoms with Gasteiger partial charge in [-0.3, -0.25) is 4.79 Å². The fraction of sp³-hybridized carbons (Fsp3) is 0.579. The Morgan fingerprint density at radius 1 is 1.25 bits per heavy atom. The van der Waals surface area contributed by atoms with Crippen LogP contribution in [-0.2, 0) is 9.53 Å². The highest BCUT2D eigenvalue weighted by atomic mass is 16.5. The van der Waals surface area contributed by atoms with Crippen LogP contribution in [0.2, 0.25) is 0 Å². The van der Waals surface area contributed by atoms with Gasteiger partial charge >= 0.3 is 5.97 Å². The molecule has 1 amide bonds. The lowest BCUT2D eigenvalue weighted by Gasteiger charge is -2.30. The number of ether oxygens (including phenoxy) is 1. The van der Waals surface area contributed by atoms with Gasteiger partial charge in [-0.15, -0.1) is 0 Å². The first-order chi connectivity index (χ1) is 11.4. The summed E-state index contributed by atoms with van der Waals surface area (Å²) in [6, 6.07) is 7.36. The normalized spacial score (nSPS) is 21.7. The number of hydrogen-bond donors (Lipinski definition) is 1. The van der Waals surface area contributed by atoms with Crippen molar-refractivity contribution in [3.8, 4) is 0 Å². The molecule has 132 valence electrons. The summed E-state index contributed by atoms with van der Waals surface area (Å²) in [5, 5.41) is 3.03. The Hall–Kier alpha value is -2.04. The van der Waals surface area contributed by atoms with Crippen LogP contribution in [-0.4, -0.2) is 38.1 Å². The molecule has 0 aromatic heterocycles. The monoisotopic (exact) mass is 332 g/mol. The van der Waals surface area contributed by atoms with Gasteiger partial charge in [-0.05, 0) is 43.9 Å². The summed E-state index contributed by atoms with van der Waals surface area (Å²) in [5.41, 5.74) is 1.37. The van der Waals surface area contributed by atoms with Crippen molar-refractivity contribution in [2.75, 3.05) is 19.0 Å². The molecule has 1 aromatic carbocycles. The zero-order valence-corrected chi connectivity index (χ0v) is 15.0. The molecule has 1 saturated carbocycles. The molecule has 0 saturated heterocycles.